The minimum absolute atomic E-state index is 0. The first-order chi connectivity index (χ1) is 6.10. The highest BCUT2D eigenvalue weighted by molar-refractivity contribution is 5.57. The first-order valence-corrected chi connectivity index (χ1v) is 3.50. The van der Waals surface area contributed by atoms with Crippen LogP contribution in [0, 0.1) is 20.2 Å². The zero-order valence-electron chi connectivity index (χ0n) is 7.04. The molecule has 0 aromatic rings. The van der Waals surface area contributed by atoms with Gasteiger partial charge in [-0.15, -0.1) is 0 Å². The van der Waals surface area contributed by atoms with Crippen LogP contribution in [0.3, 0.4) is 0 Å². The Kier molecular flexibility index (Phi) is 1.97. The average Bonchev–Trinajstić information content (AvgIpc) is 2.57. The van der Waals surface area contributed by atoms with Gasteiger partial charge in [0.2, 0.25) is 0 Å². The van der Waals surface area contributed by atoms with Crippen LogP contribution < -0.4 is 6.15 Å². The second kappa shape index (κ2) is 2.74. The molecule has 2 aliphatic rings. The molecule has 74 valence electrons. The van der Waals surface area contributed by atoms with Crippen LogP contribution in [0.4, 0.5) is 0 Å². The van der Waals surface area contributed by atoms with E-state index in [1.807, 2.05) is 0 Å². The molecule has 0 spiro atoms. The van der Waals surface area contributed by atoms with Crippen molar-refractivity contribution in [2.45, 2.75) is 5.66 Å². The molecule has 2 bridgehead atoms. The van der Waals surface area contributed by atoms with Crippen molar-refractivity contribution >= 4 is 0 Å². The predicted octanol–water partition coefficient (Wildman–Crippen LogP) is 0.834. The molecule has 0 radical (unpaired) electrons. The zero-order valence-corrected chi connectivity index (χ0v) is 7.04. The topological polar surface area (TPSA) is 121 Å². The highest BCUT2D eigenvalue weighted by Gasteiger charge is 2.65. The Bertz CT molecular complexity index is 369. The number of nitro groups is 2. The number of allylic oxidation sites excluding steroid dienone is 2. The molecule has 7 heteroatoms. The first kappa shape index (κ1) is 10.1. The zero-order chi connectivity index (χ0) is 9.64. The molecule has 0 saturated heterocycles. The molecule has 0 aromatic carbocycles. The van der Waals surface area contributed by atoms with Gasteiger partial charge in [0.15, 0.2) is 0 Å². The minimum atomic E-state index is -2.22. The van der Waals surface area contributed by atoms with E-state index < -0.39 is 15.5 Å². The summed E-state index contributed by atoms with van der Waals surface area (Å²) in [7, 11) is 0. The molecule has 3 N–H and O–H groups in total. The maximum absolute atomic E-state index is 10.7. The van der Waals surface area contributed by atoms with Gasteiger partial charge < -0.3 is 6.15 Å². The van der Waals surface area contributed by atoms with E-state index in [-0.39, 0.29) is 17.3 Å². The van der Waals surface area contributed by atoms with E-state index in [4.69, 9.17) is 0 Å². The third-order valence-electron chi connectivity index (χ3n) is 2.22. The fraction of sp³-hybridized carbons (Fsp3) is 0.143. The Morgan fingerprint density at radius 3 is 1.50 bits per heavy atom. The van der Waals surface area contributed by atoms with Crippen LogP contribution in [0.15, 0.2) is 35.5 Å². The number of rotatable bonds is 2. The molecule has 0 heterocycles. The van der Waals surface area contributed by atoms with Crippen LogP contribution in [0.2, 0.25) is 0 Å². The van der Waals surface area contributed by atoms with Crippen molar-refractivity contribution in [3.05, 3.63) is 55.7 Å². The molecule has 0 saturated carbocycles. The summed E-state index contributed by atoms with van der Waals surface area (Å²) in [6, 6.07) is 0. The average molecular weight is 197 g/mol. The largest absolute Gasteiger partial charge is 0.510 e. The van der Waals surface area contributed by atoms with Crippen LogP contribution in [-0.4, -0.2) is 15.5 Å². The van der Waals surface area contributed by atoms with Crippen molar-refractivity contribution in [2.24, 2.45) is 0 Å². The van der Waals surface area contributed by atoms with Gasteiger partial charge in [0.1, 0.15) is 21.0 Å². The highest BCUT2D eigenvalue weighted by Crippen LogP contribution is 2.41. The lowest BCUT2D eigenvalue weighted by Gasteiger charge is -2.10. The Morgan fingerprint density at radius 1 is 1.00 bits per heavy atom. The quantitative estimate of drug-likeness (QED) is 0.399. The van der Waals surface area contributed by atoms with Crippen molar-refractivity contribution in [1.82, 2.24) is 6.15 Å². The van der Waals surface area contributed by atoms with E-state index in [9.17, 15) is 20.2 Å². The van der Waals surface area contributed by atoms with E-state index in [0.717, 1.165) is 0 Å². The van der Waals surface area contributed by atoms with Crippen LogP contribution in [0.1, 0.15) is 0 Å². The fourth-order valence-corrected chi connectivity index (χ4v) is 1.59. The standard InChI is InChI=1S/C7H4N2O4.H3N/c10-8(11)7(9(12)13)5-1-2-6(7)4-3-5;/h1-4H;1H3. The molecule has 0 fully saturated rings. The third-order valence-corrected chi connectivity index (χ3v) is 2.22. The molecule has 2 aliphatic carbocycles. The van der Waals surface area contributed by atoms with Crippen molar-refractivity contribution in [2.75, 3.05) is 0 Å². The second-order valence-corrected chi connectivity index (χ2v) is 2.76. The SMILES string of the molecule is N.O=[N+]([O-])C1([N+](=O)[O-])C2=CC=C1C=C2. The highest BCUT2D eigenvalue weighted by atomic mass is 16.7. The Morgan fingerprint density at radius 2 is 1.36 bits per heavy atom. The molecule has 0 atom stereocenters. The number of fused-ring (bicyclic) bond motifs is 2. The molecular formula is C7H7N3O4. The van der Waals surface area contributed by atoms with Gasteiger partial charge in [0, 0.05) is 0 Å². The van der Waals surface area contributed by atoms with Gasteiger partial charge in [-0.2, -0.15) is 0 Å². The van der Waals surface area contributed by atoms with Crippen molar-refractivity contribution < 1.29 is 9.85 Å². The van der Waals surface area contributed by atoms with Crippen LogP contribution >= 0.6 is 0 Å². The summed E-state index contributed by atoms with van der Waals surface area (Å²) >= 11 is 0. The summed E-state index contributed by atoms with van der Waals surface area (Å²) in [5.41, 5.74) is -1.98. The lowest BCUT2D eigenvalue weighted by atomic mass is 10.1. The molecular weight excluding hydrogens is 190 g/mol. The van der Waals surface area contributed by atoms with Gasteiger partial charge in [0.05, 0.1) is 0 Å². The monoisotopic (exact) mass is 197 g/mol. The smallest absolute Gasteiger partial charge is 0.344 e. The van der Waals surface area contributed by atoms with Gasteiger partial charge in [-0.05, 0) is 24.3 Å². The van der Waals surface area contributed by atoms with E-state index in [1.54, 1.807) is 0 Å². The summed E-state index contributed by atoms with van der Waals surface area (Å²) < 4.78 is 0. The van der Waals surface area contributed by atoms with E-state index >= 15 is 0 Å². The fourth-order valence-electron chi connectivity index (χ4n) is 1.59. The van der Waals surface area contributed by atoms with Gasteiger partial charge >= 0.3 is 5.66 Å². The maximum Gasteiger partial charge on any atom is 0.510 e. The number of hydrogen-bond acceptors (Lipinski definition) is 5. The molecule has 7 nitrogen and oxygen atoms in total. The number of hydrogen-bond donors (Lipinski definition) is 1. The molecule has 2 rings (SSSR count). The van der Waals surface area contributed by atoms with Crippen molar-refractivity contribution in [3.8, 4) is 0 Å². The van der Waals surface area contributed by atoms with E-state index in [1.165, 1.54) is 24.3 Å². The summed E-state index contributed by atoms with van der Waals surface area (Å²) in [5.74, 6) is 0. The number of nitrogens with zero attached hydrogens (tertiary/aromatic N) is 2. The molecule has 0 amide bonds. The Balaban J connectivity index is 0.000000980. The normalized spacial score (nSPS) is 19.7. The Hall–Kier alpha value is -2.02. The summed E-state index contributed by atoms with van der Waals surface area (Å²) in [6.45, 7) is 0. The lowest BCUT2D eigenvalue weighted by Crippen LogP contribution is -2.45. The summed E-state index contributed by atoms with van der Waals surface area (Å²) in [6.07, 6.45) is 5.61. The van der Waals surface area contributed by atoms with Crippen molar-refractivity contribution in [1.29, 1.82) is 0 Å². The predicted molar refractivity (Wildman–Crippen MR) is 47.0 cm³/mol. The maximum atomic E-state index is 10.7. The molecule has 14 heavy (non-hydrogen) atoms. The lowest BCUT2D eigenvalue weighted by molar-refractivity contribution is -0.768. The van der Waals surface area contributed by atoms with Crippen molar-refractivity contribution in [3.63, 3.8) is 0 Å². The summed E-state index contributed by atoms with van der Waals surface area (Å²) in [4.78, 5) is 19.6. The summed E-state index contributed by atoms with van der Waals surface area (Å²) in [5, 5.41) is 21.3. The molecule has 0 aromatic heterocycles. The Labute approximate surface area is 78.3 Å². The van der Waals surface area contributed by atoms with Crippen LogP contribution in [-0.2, 0) is 0 Å². The second-order valence-electron chi connectivity index (χ2n) is 2.76. The molecule has 0 unspecified atom stereocenters. The van der Waals surface area contributed by atoms with Crippen LogP contribution in [0.5, 0.6) is 0 Å². The van der Waals surface area contributed by atoms with Gasteiger partial charge in [-0.25, -0.2) is 0 Å². The van der Waals surface area contributed by atoms with E-state index in [2.05, 4.69) is 0 Å². The van der Waals surface area contributed by atoms with E-state index in [0.29, 0.717) is 0 Å². The minimum Gasteiger partial charge on any atom is -0.344 e. The van der Waals surface area contributed by atoms with Crippen LogP contribution in [0.25, 0.3) is 0 Å². The van der Waals surface area contributed by atoms with Gasteiger partial charge in [-0.3, -0.25) is 20.2 Å². The molecule has 0 aliphatic heterocycles. The van der Waals surface area contributed by atoms with Gasteiger partial charge in [-0.1, -0.05) is 0 Å². The van der Waals surface area contributed by atoms with Gasteiger partial charge in [0.25, 0.3) is 0 Å². The third kappa shape index (κ3) is 0.787. The first-order valence-electron chi connectivity index (χ1n) is 3.50.